The standard InChI is InChI=1S/C18H11ClO/c19-15-8-4-7-13-16(15)14-10-9-12(18(20)17(13)14)11-5-2-1-3-6-11/h1-10,17H. The van der Waals surface area contributed by atoms with Crippen molar-refractivity contribution in [1.29, 1.82) is 0 Å². The number of benzene rings is 2. The molecule has 0 heterocycles. The fourth-order valence-electron chi connectivity index (χ4n) is 3.05. The average molecular weight is 279 g/mol. The number of Topliss-reactive ketones (excluding diaryl/α,β-unsaturated/α-hetero) is 1. The Labute approximate surface area is 122 Å². The molecule has 2 aromatic carbocycles. The highest BCUT2D eigenvalue weighted by atomic mass is 35.5. The van der Waals surface area contributed by atoms with Gasteiger partial charge in [-0.05, 0) is 22.8 Å². The summed E-state index contributed by atoms with van der Waals surface area (Å²) >= 11 is 6.21. The van der Waals surface area contributed by atoms with Crippen molar-refractivity contribution in [1.82, 2.24) is 0 Å². The van der Waals surface area contributed by atoms with Crippen LogP contribution in [-0.4, -0.2) is 5.78 Å². The number of hydrogen-bond acceptors (Lipinski definition) is 1. The molecule has 0 bridgehead atoms. The van der Waals surface area contributed by atoms with Gasteiger partial charge in [0.2, 0.25) is 0 Å². The summed E-state index contributed by atoms with van der Waals surface area (Å²) in [5, 5.41) is 0.731. The van der Waals surface area contributed by atoms with E-state index >= 15 is 0 Å². The van der Waals surface area contributed by atoms with Crippen LogP contribution in [0, 0.1) is 0 Å². The molecule has 0 radical (unpaired) electrons. The molecule has 0 spiro atoms. The van der Waals surface area contributed by atoms with Gasteiger partial charge in [0.25, 0.3) is 0 Å². The highest BCUT2D eigenvalue weighted by molar-refractivity contribution is 6.36. The molecule has 1 nitrogen and oxygen atoms in total. The first-order chi connectivity index (χ1) is 9.77. The van der Waals surface area contributed by atoms with Gasteiger partial charge in [-0.2, -0.15) is 0 Å². The fourth-order valence-corrected chi connectivity index (χ4v) is 3.34. The fraction of sp³-hybridized carbons (Fsp3) is 0.0556. The van der Waals surface area contributed by atoms with Crippen LogP contribution in [0.1, 0.15) is 22.6 Å². The van der Waals surface area contributed by atoms with Crippen LogP contribution >= 0.6 is 11.6 Å². The maximum absolute atomic E-state index is 12.7. The number of hydrogen-bond donors (Lipinski definition) is 0. The molecule has 1 unspecified atom stereocenters. The zero-order chi connectivity index (χ0) is 13.7. The van der Waals surface area contributed by atoms with E-state index in [4.69, 9.17) is 11.6 Å². The number of allylic oxidation sites excluding steroid dienone is 4. The summed E-state index contributed by atoms with van der Waals surface area (Å²) in [6.07, 6.45) is 3.94. The minimum absolute atomic E-state index is 0.135. The lowest BCUT2D eigenvalue weighted by Gasteiger charge is -2.36. The number of ketones is 1. The highest BCUT2D eigenvalue weighted by Crippen LogP contribution is 2.52. The molecule has 2 heteroatoms. The summed E-state index contributed by atoms with van der Waals surface area (Å²) in [6, 6.07) is 15.6. The minimum Gasteiger partial charge on any atom is -0.293 e. The molecule has 2 aromatic rings. The van der Waals surface area contributed by atoms with Crippen molar-refractivity contribution in [2.75, 3.05) is 0 Å². The lowest BCUT2D eigenvalue weighted by Crippen LogP contribution is -2.27. The smallest absolute Gasteiger partial charge is 0.175 e. The van der Waals surface area contributed by atoms with Crippen molar-refractivity contribution in [3.8, 4) is 0 Å². The monoisotopic (exact) mass is 278 g/mol. The zero-order valence-electron chi connectivity index (χ0n) is 10.6. The van der Waals surface area contributed by atoms with Crippen LogP contribution in [0.5, 0.6) is 0 Å². The van der Waals surface area contributed by atoms with Crippen LogP contribution in [0.4, 0.5) is 0 Å². The van der Waals surface area contributed by atoms with E-state index in [1.807, 2.05) is 60.7 Å². The van der Waals surface area contributed by atoms with Gasteiger partial charge in [-0.25, -0.2) is 0 Å². The van der Waals surface area contributed by atoms with E-state index in [-0.39, 0.29) is 11.7 Å². The normalized spacial score (nSPS) is 19.4. The molecule has 1 atom stereocenters. The quantitative estimate of drug-likeness (QED) is 0.751. The van der Waals surface area contributed by atoms with Crippen molar-refractivity contribution in [2.45, 2.75) is 5.92 Å². The Morgan fingerprint density at radius 3 is 2.50 bits per heavy atom. The first-order valence-electron chi connectivity index (χ1n) is 6.57. The number of carbonyl (C=O) groups is 1. The van der Waals surface area contributed by atoms with Crippen LogP contribution in [0.15, 0.2) is 60.7 Å². The molecule has 96 valence electrons. The van der Waals surface area contributed by atoms with Crippen molar-refractivity contribution in [2.24, 2.45) is 0 Å². The van der Waals surface area contributed by atoms with Crippen LogP contribution in [0.25, 0.3) is 11.1 Å². The van der Waals surface area contributed by atoms with Crippen molar-refractivity contribution >= 4 is 28.5 Å². The summed E-state index contributed by atoms with van der Waals surface area (Å²) in [5.74, 6) is 0.0346. The molecule has 2 aliphatic rings. The van der Waals surface area contributed by atoms with E-state index in [2.05, 4.69) is 0 Å². The Hall–Kier alpha value is -2.12. The topological polar surface area (TPSA) is 17.1 Å². The van der Waals surface area contributed by atoms with Gasteiger partial charge in [0, 0.05) is 16.2 Å². The Bertz CT molecular complexity index is 784. The molecule has 0 aromatic heterocycles. The van der Waals surface area contributed by atoms with Crippen LogP contribution < -0.4 is 0 Å². The van der Waals surface area contributed by atoms with Crippen molar-refractivity contribution in [3.05, 3.63) is 82.4 Å². The molecule has 4 rings (SSSR count). The third-order valence-electron chi connectivity index (χ3n) is 4.00. The lowest BCUT2D eigenvalue weighted by molar-refractivity contribution is -0.114. The summed E-state index contributed by atoms with van der Waals surface area (Å²) in [7, 11) is 0. The molecule has 0 N–H and O–H groups in total. The lowest BCUT2D eigenvalue weighted by atomic mass is 9.66. The van der Waals surface area contributed by atoms with Gasteiger partial charge >= 0.3 is 0 Å². The largest absolute Gasteiger partial charge is 0.293 e. The van der Waals surface area contributed by atoms with E-state index in [9.17, 15) is 4.79 Å². The SMILES string of the molecule is O=C1C(c2ccccc2)=CC=C2c3c(Cl)cccc3C12. The molecule has 0 amide bonds. The Kier molecular flexibility index (Phi) is 2.45. The summed E-state index contributed by atoms with van der Waals surface area (Å²) < 4.78 is 0. The van der Waals surface area contributed by atoms with Crippen molar-refractivity contribution < 1.29 is 4.79 Å². The molecule has 0 saturated carbocycles. The predicted octanol–water partition coefficient (Wildman–Crippen LogP) is 4.49. The maximum atomic E-state index is 12.7. The molecule has 2 aliphatic carbocycles. The van der Waals surface area contributed by atoms with Gasteiger partial charge in [-0.3, -0.25) is 4.79 Å². The average Bonchev–Trinajstić information content (AvgIpc) is 2.45. The molecule has 0 saturated heterocycles. The second kappa shape index (κ2) is 4.19. The van der Waals surface area contributed by atoms with Crippen molar-refractivity contribution in [3.63, 3.8) is 0 Å². The highest BCUT2D eigenvalue weighted by Gasteiger charge is 2.41. The van der Waals surface area contributed by atoms with E-state index in [1.54, 1.807) is 0 Å². The number of carbonyl (C=O) groups excluding carboxylic acids is 1. The van der Waals surface area contributed by atoms with E-state index in [1.165, 1.54) is 0 Å². The Balaban J connectivity index is 1.85. The minimum atomic E-state index is -0.135. The Morgan fingerprint density at radius 1 is 0.900 bits per heavy atom. The van der Waals surface area contributed by atoms with E-state index in [0.29, 0.717) is 0 Å². The van der Waals surface area contributed by atoms with Gasteiger partial charge in [-0.15, -0.1) is 0 Å². The second-order valence-electron chi connectivity index (χ2n) is 5.07. The summed E-state index contributed by atoms with van der Waals surface area (Å²) in [5.41, 5.74) is 4.90. The first-order valence-corrected chi connectivity index (χ1v) is 6.95. The number of fused-ring (bicyclic) bond motifs is 4. The summed E-state index contributed by atoms with van der Waals surface area (Å²) in [4.78, 5) is 12.7. The molecule has 20 heavy (non-hydrogen) atoms. The van der Waals surface area contributed by atoms with Crippen LogP contribution in [0.3, 0.4) is 0 Å². The third kappa shape index (κ3) is 1.47. The molecule has 0 aliphatic heterocycles. The first kappa shape index (κ1) is 11.7. The van der Waals surface area contributed by atoms with Gasteiger partial charge in [-0.1, -0.05) is 66.2 Å². The molecular weight excluding hydrogens is 268 g/mol. The van der Waals surface area contributed by atoms with Crippen LogP contribution in [0.2, 0.25) is 5.02 Å². The van der Waals surface area contributed by atoms with Gasteiger partial charge in [0.1, 0.15) is 0 Å². The second-order valence-corrected chi connectivity index (χ2v) is 5.48. The van der Waals surface area contributed by atoms with E-state index in [0.717, 1.165) is 32.9 Å². The van der Waals surface area contributed by atoms with Gasteiger partial charge in [0.15, 0.2) is 5.78 Å². The zero-order valence-corrected chi connectivity index (χ0v) is 11.4. The maximum Gasteiger partial charge on any atom is 0.175 e. The Morgan fingerprint density at radius 2 is 1.70 bits per heavy atom. The summed E-state index contributed by atoms with van der Waals surface area (Å²) in [6.45, 7) is 0. The third-order valence-corrected chi connectivity index (χ3v) is 4.31. The van der Waals surface area contributed by atoms with Crippen LogP contribution in [-0.2, 0) is 4.79 Å². The van der Waals surface area contributed by atoms with Gasteiger partial charge in [0.05, 0.1) is 5.92 Å². The molecular formula is C18H11ClO. The predicted molar refractivity (Wildman–Crippen MR) is 81.6 cm³/mol. The number of rotatable bonds is 1. The van der Waals surface area contributed by atoms with Gasteiger partial charge < -0.3 is 0 Å². The van der Waals surface area contributed by atoms with E-state index < -0.39 is 0 Å². The molecule has 0 fully saturated rings. The number of halogens is 1.